The summed E-state index contributed by atoms with van der Waals surface area (Å²) in [5.74, 6) is 0.665. The lowest BCUT2D eigenvalue weighted by molar-refractivity contribution is -0.128. The quantitative estimate of drug-likeness (QED) is 0.685. The summed E-state index contributed by atoms with van der Waals surface area (Å²) in [5, 5.41) is 3.13. The second-order valence-electron chi connectivity index (χ2n) is 8.45. The van der Waals surface area contributed by atoms with Crippen molar-refractivity contribution in [3.05, 3.63) is 35.9 Å². The first kappa shape index (κ1) is 20.9. The lowest BCUT2D eigenvalue weighted by atomic mass is 9.69. The number of amides is 1. The number of ether oxygens (including phenoxy) is 1. The zero-order valence-electron chi connectivity index (χ0n) is 17.0. The van der Waals surface area contributed by atoms with Crippen LogP contribution in [0.25, 0.3) is 0 Å². The highest BCUT2D eigenvalue weighted by Crippen LogP contribution is 2.41. The number of carbonyl (C=O) groups is 1. The summed E-state index contributed by atoms with van der Waals surface area (Å²) in [4.78, 5) is 14.8. The number of hydrogen-bond acceptors (Lipinski definition) is 3. The smallest absolute Gasteiger partial charge is 0.220 e. The molecule has 1 heterocycles. The number of carbonyl (C=O) groups excluding carboxylic acids is 1. The molecule has 146 valence electrons. The van der Waals surface area contributed by atoms with Crippen molar-refractivity contribution < 1.29 is 9.53 Å². The highest BCUT2D eigenvalue weighted by atomic mass is 16.5. The van der Waals surface area contributed by atoms with Crippen molar-refractivity contribution in [1.82, 2.24) is 10.2 Å². The topological polar surface area (TPSA) is 41.6 Å². The number of benzene rings is 1. The van der Waals surface area contributed by atoms with Crippen LogP contribution in [0.2, 0.25) is 0 Å². The Hall–Kier alpha value is -1.39. The molecule has 0 aliphatic carbocycles. The van der Waals surface area contributed by atoms with Crippen LogP contribution >= 0.6 is 0 Å². The van der Waals surface area contributed by atoms with Gasteiger partial charge in [0, 0.05) is 19.6 Å². The Morgan fingerprint density at radius 3 is 2.69 bits per heavy atom. The van der Waals surface area contributed by atoms with Crippen molar-refractivity contribution in [2.24, 2.45) is 11.3 Å². The van der Waals surface area contributed by atoms with Crippen molar-refractivity contribution in [2.75, 3.05) is 33.8 Å². The summed E-state index contributed by atoms with van der Waals surface area (Å²) in [6.45, 7) is 6.93. The van der Waals surface area contributed by atoms with E-state index in [1.165, 1.54) is 5.56 Å². The van der Waals surface area contributed by atoms with Crippen molar-refractivity contribution >= 4 is 5.91 Å². The van der Waals surface area contributed by atoms with Gasteiger partial charge in [-0.2, -0.15) is 0 Å². The van der Waals surface area contributed by atoms with Crippen LogP contribution in [0, 0.1) is 11.3 Å². The van der Waals surface area contributed by atoms with E-state index in [1.807, 2.05) is 0 Å². The molecular weight excluding hydrogens is 324 g/mol. The first-order valence-electron chi connectivity index (χ1n) is 9.97. The third-order valence-electron chi connectivity index (χ3n) is 5.40. The third-order valence-corrected chi connectivity index (χ3v) is 5.40. The molecule has 1 amide bonds. The van der Waals surface area contributed by atoms with Crippen LogP contribution in [-0.4, -0.2) is 50.7 Å². The van der Waals surface area contributed by atoms with Gasteiger partial charge in [-0.05, 0) is 63.2 Å². The summed E-state index contributed by atoms with van der Waals surface area (Å²) in [6.07, 6.45) is 4.69. The molecule has 2 rings (SSSR count). The van der Waals surface area contributed by atoms with Gasteiger partial charge in [-0.1, -0.05) is 44.2 Å². The van der Waals surface area contributed by atoms with Crippen LogP contribution in [0.1, 0.15) is 45.1 Å². The fourth-order valence-corrected chi connectivity index (χ4v) is 3.88. The third kappa shape index (κ3) is 6.73. The molecule has 1 aliphatic rings. The molecule has 26 heavy (non-hydrogen) atoms. The van der Waals surface area contributed by atoms with Crippen LogP contribution in [0.4, 0.5) is 0 Å². The molecule has 0 unspecified atom stereocenters. The molecule has 2 atom stereocenters. The summed E-state index contributed by atoms with van der Waals surface area (Å²) in [7, 11) is 4.12. The van der Waals surface area contributed by atoms with E-state index in [4.69, 9.17) is 4.74 Å². The van der Waals surface area contributed by atoms with Crippen LogP contribution in [0.15, 0.2) is 30.3 Å². The maximum atomic E-state index is 12.7. The average molecular weight is 361 g/mol. The molecule has 1 aromatic carbocycles. The molecule has 4 heteroatoms. The SMILES string of the molecule is CC(C)[C@H]1C[C@@](CC(=O)NCCCN(C)C)(Cc2ccccc2)CCO1. The second-order valence-corrected chi connectivity index (χ2v) is 8.45. The molecule has 0 spiro atoms. The Kier molecular flexibility index (Phi) is 8.11. The highest BCUT2D eigenvalue weighted by Gasteiger charge is 2.39. The maximum absolute atomic E-state index is 12.7. The van der Waals surface area contributed by atoms with E-state index in [0.717, 1.165) is 45.4 Å². The molecule has 0 aromatic heterocycles. The Morgan fingerprint density at radius 2 is 2.04 bits per heavy atom. The predicted molar refractivity (Wildman–Crippen MR) is 107 cm³/mol. The Bertz CT molecular complexity index is 544. The molecule has 0 bridgehead atoms. The number of nitrogens with one attached hydrogen (secondary N) is 1. The lowest BCUT2D eigenvalue weighted by Gasteiger charge is -2.42. The molecule has 1 N–H and O–H groups in total. The number of rotatable bonds is 9. The van der Waals surface area contributed by atoms with Crippen LogP contribution in [-0.2, 0) is 16.0 Å². The van der Waals surface area contributed by atoms with Crippen LogP contribution in [0.3, 0.4) is 0 Å². The predicted octanol–water partition coefficient (Wildman–Crippen LogP) is 3.51. The minimum absolute atomic E-state index is 0.000170. The Balaban J connectivity index is 2.02. The number of hydrogen-bond donors (Lipinski definition) is 1. The monoisotopic (exact) mass is 360 g/mol. The van der Waals surface area contributed by atoms with Gasteiger partial charge in [0.15, 0.2) is 0 Å². The highest BCUT2D eigenvalue weighted by molar-refractivity contribution is 5.76. The zero-order valence-corrected chi connectivity index (χ0v) is 17.0. The van der Waals surface area contributed by atoms with Gasteiger partial charge in [0.05, 0.1) is 6.10 Å². The van der Waals surface area contributed by atoms with Gasteiger partial charge in [-0.15, -0.1) is 0 Å². The Morgan fingerprint density at radius 1 is 1.31 bits per heavy atom. The van der Waals surface area contributed by atoms with Gasteiger partial charge < -0.3 is 15.0 Å². The molecule has 1 fully saturated rings. The fraction of sp³-hybridized carbons (Fsp3) is 0.682. The first-order valence-corrected chi connectivity index (χ1v) is 9.97. The van der Waals surface area contributed by atoms with E-state index >= 15 is 0 Å². The largest absolute Gasteiger partial charge is 0.378 e. The Labute approximate surface area is 159 Å². The molecule has 0 radical (unpaired) electrons. The van der Waals surface area contributed by atoms with Gasteiger partial charge >= 0.3 is 0 Å². The first-order chi connectivity index (χ1) is 12.4. The summed E-state index contributed by atoms with van der Waals surface area (Å²) < 4.78 is 6.00. The normalized spacial score (nSPS) is 23.4. The molecule has 1 saturated heterocycles. The van der Waals surface area contributed by atoms with E-state index in [1.54, 1.807) is 0 Å². The summed E-state index contributed by atoms with van der Waals surface area (Å²) in [5.41, 5.74) is 1.32. The standard InChI is InChI=1S/C22H36N2O2/c1-18(2)20-16-22(11-14-26-20,15-19-9-6-5-7-10-19)17-21(25)23-12-8-13-24(3)4/h5-7,9-10,18,20H,8,11-17H2,1-4H3,(H,23,25)/t20-,22+/m1/s1. The lowest BCUT2D eigenvalue weighted by Crippen LogP contribution is -2.42. The summed E-state index contributed by atoms with van der Waals surface area (Å²) in [6, 6.07) is 10.6. The van der Waals surface area contributed by atoms with E-state index in [-0.39, 0.29) is 17.4 Å². The van der Waals surface area contributed by atoms with Crippen molar-refractivity contribution in [3.8, 4) is 0 Å². The fourth-order valence-electron chi connectivity index (χ4n) is 3.88. The van der Waals surface area contributed by atoms with Gasteiger partial charge in [-0.3, -0.25) is 4.79 Å². The van der Waals surface area contributed by atoms with E-state index in [9.17, 15) is 4.79 Å². The van der Waals surface area contributed by atoms with Gasteiger partial charge in [-0.25, -0.2) is 0 Å². The van der Waals surface area contributed by atoms with Gasteiger partial charge in [0.2, 0.25) is 5.91 Å². The number of nitrogens with zero attached hydrogens (tertiary/aromatic N) is 1. The molecule has 4 nitrogen and oxygen atoms in total. The van der Waals surface area contributed by atoms with E-state index in [2.05, 4.69) is 68.5 Å². The van der Waals surface area contributed by atoms with Crippen molar-refractivity contribution in [1.29, 1.82) is 0 Å². The molecule has 1 aromatic rings. The maximum Gasteiger partial charge on any atom is 0.220 e. The van der Waals surface area contributed by atoms with Gasteiger partial charge in [0.25, 0.3) is 0 Å². The molecule has 0 saturated carbocycles. The van der Waals surface area contributed by atoms with Crippen molar-refractivity contribution in [2.45, 2.75) is 52.1 Å². The van der Waals surface area contributed by atoms with Gasteiger partial charge in [0.1, 0.15) is 0 Å². The van der Waals surface area contributed by atoms with E-state index in [0.29, 0.717) is 12.3 Å². The zero-order chi connectivity index (χ0) is 19.0. The molecular formula is C22H36N2O2. The van der Waals surface area contributed by atoms with E-state index < -0.39 is 0 Å². The van der Waals surface area contributed by atoms with Crippen LogP contribution < -0.4 is 5.32 Å². The minimum Gasteiger partial charge on any atom is -0.378 e. The summed E-state index contributed by atoms with van der Waals surface area (Å²) >= 11 is 0. The second kappa shape index (κ2) is 10.1. The van der Waals surface area contributed by atoms with Crippen molar-refractivity contribution in [3.63, 3.8) is 0 Å². The molecule has 1 aliphatic heterocycles. The van der Waals surface area contributed by atoms with Crippen LogP contribution in [0.5, 0.6) is 0 Å². The minimum atomic E-state index is 0.000170. The average Bonchev–Trinajstić information content (AvgIpc) is 2.59.